The average molecular weight is 952 g/mol. The van der Waals surface area contributed by atoms with Gasteiger partial charge in [0, 0.05) is 43.6 Å². The van der Waals surface area contributed by atoms with E-state index in [1.54, 1.807) is 113 Å². The van der Waals surface area contributed by atoms with Crippen molar-refractivity contribution in [2.75, 3.05) is 6.61 Å². The normalized spacial score (nSPS) is 29.7. The maximum atomic E-state index is 15.9. The van der Waals surface area contributed by atoms with Crippen LogP contribution >= 0.6 is 0 Å². The van der Waals surface area contributed by atoms with Gasteiger partial charge in [0.1, 0.15) is 30.0 Å². The van der Waals surface area contributed by atoms with E-state index in [0.29, 0.717) is 18.4 Å². The summed E-state index contributed by atoms with van der Waals surface area (Å²) in [5.41, 5.74) is -7.15. The van der Waals surface area contributed by atoms with Gasteiger partial charge in [-0.1, -0.05) is 94.4 Å². The van der Waals surface area contributed by atoms with Crippen molar-refractivity contribution in [3.8, 4) is 0 Å². The lowest BCUT2D eigenvalue weighted by Gasteiger charge is -2.67. The van der Waals surface area contributed by atoms with Gasteiger partial charge in [0.25, 0.3) is 5.91 Å². The molecule has 4 aliphatic rings. The molecule has 7 rings (SSSR count). The van der Waals surface area contributed by atoms with Gasteiger partial charge < -0.3 is 44.0 Å². The van der Waals surface area contributed by atoms with Gasteiger partial charge in [0.05, 0.1) is 29.6 Å². The highest BCUT2D eigenvalue weighted by Gasteiger charge is 2.78. The van der Waals surface area contributed by atoms with E-state index in [2.05, 4.69) is 5.32 Å². The summed E-state index contributed by atoms with van der Waals surface area (Å²) in [4.78, 5) is 99.6. The number of amides is 1. The second-order valence-corrected chi connectivity index (χ2v) is 19.2. The summed E-state index contributed by atoms with van der Waals surface area (Å²) in [6.45, 7) is 10.4. The van der Waals surface area contributed by atoms with Crippen molar-refractivity contribution in [1.29, 1.82) is 0 Å². The number of aliphatic hydroxyl groups excluding tert-OH is 1. The van der Waals surface area contributed by atoms with Crippen LogP contribution in [0.2, 0.25) is 0 Å². The van der Waals surface area contributed by atoms with E-state index in [1.165, 1.54) is 19.1 Å². The van der Waals surface area contributed by atoms with Crippen molar-refractivity contribution in [2.45, 2.75) is 141 Å². The van der Waals surface area contributed by atoms with Gasteiger partial charge in [-0.05, 0) is 67.7 Å². The molecular weight excluding hydrogens is 891 g/mol. The minimum atomic E-state index is -2.43. The highest BCUT2D eigenvalue weighted by atomic mass is 16.6. The molecular formula is C53H61NO15. The van der Waals surface area contributed by atoms with Gasteiger partial charge in [-0.25, -0.2) is 9.59 Å². The molecule has 3 fully saturated rings. The van der Waals surface area contributed by atoms with Crippen molar-refractivity contribution >= 4 is 41.5 Å². The fraction of sp³-hybridized carbons (Fsp3) is 0.491. The fourth-order valence-corrected chi connectivity index (χ4v) is 10.9. The number of fused-ring (bicyclic) bond motifs is 5. The molecule has 0 unspecified atom stereocenters. The number of ether oxygens (including phenoxy) is 6. The van der Waals surface area contributed by atoms with Gasteiger partial charge in [0.15, 0.2) is 17.5 Å². The monoisotopic (exact) mass is 951 g/mol. The van der Waals surface area contributed by atoms with E-state index in [9.17, 15) is 34.2 Å². The highest BCUT2D eigenvalue weighted by Crippen LogP contribution is 2.64. The molecule has 16 nitrogen and oxygen atoms in total. The molecule has 368 valence electrons. The summed E-state index contributed by atoms with van der Waals surface area (Å²) in [7, 11) is 0. The van der Waals surface area contributed by atoms with E-state index in [-0.39, 0.29) is 48.1 Å². The van der Waals surface area contributed by atoms with Crippen LogP contribution < -0.4 is 5.32 Å². The van der Waals surface area contributed by atoms with E-state index in [0.717, 1.165) is 6.92 Å². The Bertz CT molecular complexity index is 2470. The second-order valence-electron chi connectivity index (χ2n) is 19.2. The SMILES string of the molecule is CCCC(=O)O[C@H]1C(=O)[C@@]2(C)[C@H]([C@H](OC(=O)c3ccccc3)[C@]3(O)C[C@H](OC(=O)[C@H](OC(=O)CCC)[C@@H](NC(=O)c4ccccc4)c4ccccc4)C(C)=C1C3(C)C)[C@]1(OC(C)=O)CO[C@@H]1C[C@@H]2O. The minimum Gasteiger partial charge on any atom is -0.455 e. The van der Waals surface area contributed by atoms with Gasteiger partial charge in [-0.3, -0.25) is 24.0 Å². The third kappa shape index (κ3) is 9.21. The van der Waals surface area contributed by atoms with E-state index in [1.807, 2.05) is 0 Å². The number of aliphatic hydroxyl groups is 2. The van der Waals surface area contributed by atoms with Crippen molar-refractivity contribution in [3.05, 3.63) is 119 Å². The summed E-state index contributed by atoms with van der Waals surface area (Å²) in [5.74, 6) is -7.47. The summed E-state index contributed by atoms with van der Waals surface area (Å²) in [6.07, 6.45) is -10.0. The van der Waals surface area contributed by atoms with Crippen LogP contribution in [0, 0.1) is 16.7 Å². The lowest BCUT2D eigenvalue weighted by molar-refractivity contribution is -0.346. The number of rotatable bonds is 15. The molecule has 3 aromatic carbocycles. The van der Waals surface area contributed by atoms with Crippen LogP contribution in [0.25, 0.3) is 0 Å². The Balaban J connectivity index is 1.44. The van der Waals surface area contributed by atoms with Crippen LogP contribution in [0.3, 0.4) is 0 Å². The summed E-state index contributed by atoms with van der Waals surface area (Å²) in [6, 6.07) is 23.1. The topological polar surface area (TPSA) is 227 Å². The Morgan fingerprint density at radius 3 is 1.96 bits per heavy atom. The molecule has 2 saturated carbocycles. The quantitative estimate of drug-likeness (QED) is 0.0920. The van der Waals surface area contributed by atoms with Crippen molar-refractivity contribution < 1.29 is 72.2 Å². The number of esters is 5. The number of carbonyl (C=O) groups is 7. The predicted octanol–water partition coefficient (Wildman–Crippen LogP) is 5.87. The Morgan fingerprint density at radius 1 is 0.812 bits per heavy atom. The lowest BCUT2D eigenvalue weighted by atomic mass is 9.44. The zero-order valence-corrected chi connectivity index (χ0v) is 39.9. The highest BCUT2D eigenvalue weighted by molar-refractivity contribution is 5.96. The number of benzene rings is 3. The summed E-state index contributed by atoms with van der Waals surface area (Å²) < 4.78 is 37.0. The zero-order valence-electron chi connectivity index (χ0n) is 39.9. The van der Waals surface area contributed by atoms with E-state index in [4.69, 9.17) is 28.4 Å². The number of hydrogen-bond donors (Lipinski definition) is 3. The molecule has 16 heteroatoms. The predicted molar refractivity (Wildman–Crippen MR) is 246 cm³/mol. The van der Waals surface area contributed by atoms with Crippen LogP contribution in [0.4, 0.5) is 0 Å². The molecule has 1 heterocycles. The molecule has 0 aromatic heterocycles. The number of ketones is 1. The Hall–Kier alpha value is -6.23. The van der Waals surface area contributed by atoms with E-state index >= 15 is 9.59 Å². The molecule has 3 aromatic rings. The summed E-state index contributed by atoms with van der Waals surface area (Å²) in [5, 5.41) is 29.1. The third-order valence-electron chi connectivity index (χ3n) is 14.6. The number of nitrogens with one attached hydrogen (secondary N) is 1. The first-order chi connectivity index (χ1) is 32.7. The maximum absolute atomic E-state index is 15.9. The maximum Gasteiger partial charge on any atom is 0.350 e. The van der Waals surface area contributed by atoms with Gasteiger partial charge in [0.2, 0.25) is 6.10 Å². The van der Waals surface area contributed by atoms with E-state index < -0.39 is 119 Å². The molecule has 69 heavy (non-hydrogen) atoms. The molecule has 1 aliphatic heterocycles. The zero-order chi connectivity index (χ0) is 50.1. The number of Topliss-reactive ketones (excluding diaryl/α,β-unsaturated/α-hetero) is 1. The van der Waals surface area contributed by atoms with Crippen LogP contribution in [-0.4, -0.2) is 106 Å². The molecule has 11 atom stereocenters. The molecule has 1 amide bonds. The molecule has 0 spiro atoms. The molecule has 3 N–H and O–H groups in total. The first kappa shape index (κ1) is 50.6. The van der Waals surface area contributed by atoms with Crippen molar-refractivity contribution in [2.24, 2.45) is 16.7 Å². The molecule has 2 bridgehead atoms. The fourth-order valence-electron chi connectivity index (χ4n) is 10.9. The molecule has 0 radical (unpaired) electrons. The standard InChI is InChI=1S/C53H61NO15/c1-8-19-38(57)66-42-40-30(3)35(65-49(62)43(67-39(58)20-9-2)41(32-21-13-10-14-22-32)54-47(60)33-23-15-11-16-24-33)28-53(63,50(40,5)6)46(68-48(61)34-25-17-12-18-26-34)44-51(7,45(42)59)36(56)27-37-52(44,29-64-37)69-31(4)55/h10-18,21-26,35-37,41-44,46,56,63H,8-9,19-20,27-29H2,1-7H3,(H,54,60)/t35-,36-,37+,41-,42+,43+,44-,46-,51+,52-,53+/m0/s1. The summed E-state index contributed by atoms with van der Waals surface area (Å²) >= 11 is 0. The number of hydrogen-bond acceptors (Lipinski definition) is 15. The Kier molecular flexibility index (Phi) is 14.7. The van der Waals surface area contributed by atoms with Gasteiger partial charge >= 0.3 is 29.8 Å². The van der Waals surface area contributed by atoms with Crippen LogP contribution in [-0.2, 0) is 52.4 Å². The average Bonchev–Trinajstić information content (AvgIpc) is 3.31. The number of carbonyl (C=O) groups excluding carboxylic acids is 7. The molecule has 1 saturated heterocycles. The Morgan fingerprint density at radius 2 is 1.39 bits per heavy atom. The first-order valence-corrected chi connectivity index (χ1v) is 23.5. The Labute approximate surface area is 401 Å². The van der Waals surface area contributed by atoms with Crippen molar-refractivity contribution in [1.82, 2.24) is 5.32 Å². The van der Waals surface area contributed by atoms with Crippen LogP contribution in [0.5, 0.6) is 0 Å². The largest absolute Gasteiger partial charge is 0.455 e. The lowest BCUT2D eigenvalue weighted by Crippen LogP contribution is -2.82. The van der Waals surface area contributed by atoms with Crippen LogP contribution in [0.15, 0.2) is 102 Å². The third-order valence-corrected chi connectivity index (χ3v) is 14.6. The van der Waals surface area contributed by atoms with Gasteiger partial charge in [-0.15, -0.1) is 0 Å². The first-order valence-electron chi connectivity index (χ1n) is 23.5. The van der Waals surface area contributed by atoms with Gasteiger partial charge in [-0.2, -0.15) is 0 Å². The smallest absolute Gasteiger partial charge is 0.350 e. The molecule has 3 aliphatic carbocycles. The second kappa shape index (κ2) is 20.0. The van der Waals surface area contributed by atoms with Crippen molar-refractivity contribution in [3.63, 3.8) is 0 Å². The van der Waals surface area contributed by atoms with Crippen LogP contribution in [0.1, 0.15) is 119 Å². The minimum absolute atomic E-state index is 0.00109.